The number of hydrogen-bond acceptors (Lipinski definition) is 4. The first-order valence-electron chi connectivity index (χ1n) is 18.2. The zero-order chi connectivity index (χ0) is 36.0. The van der Waals surface area contributed by atoms with Crippen LogP contribution >= 0.6 is 0 Å². The van der Waals surface area contributed by atoms with Crippen molar-refractivity contribution in [2.45, 2.75) is 6.92 Å². The average molecular weight is 692 g/mol. The van der Waals surface area contributed by atoms with Gasteiger partial charge >= 0.3 is 0 Å². The summed E-state index contributed by atoms with van der Waals surface area (Å²) in [4.78, 5) is 15.2. The molecule has 0 atom stereocenters. The predicted molar refractivity (Wildman–Crippen MR) is 222 cm³/mol. The first-order valence-corrected chi connectivity index (χ1v) is 18.2. The molecule has 2 heterocycles. The zero-order valence-corrected chi connectivity index (χ0v) is 29.6. The van der Waals surface area contributed by atoms with E-state index in [2.05, 4.69) is 159 Å². The summed E-state index contributed by atoms with van der Waals surface area (Å²) in [6.45, 7) is 2.11. The zero-order valence-electron chi connectivity index (χ0n) is 29.6. The Bertz CT molecular complexity index is 3000. The number of fused-ring (bicyclic) bond motifs is 5. The maximum atomic E-state index is 6.84. The van der Waals surface area contributed by atoms with Gasteiger partial charge in [0, 0.05) is 32.8 Å². The van der Waals surface area contributed by atoms with Gasteiger partial charge in [0.05, 0.1) is 0 Å². The Morgan fingerprint density at radius 1 is 0.370 bits per heavy atom. The van der Waals surface area contributed by atoms with Gasteiger partial charge in [0.25, 0.3) is 0 Å². The van der Waals surface area contributed by atoms with E-state index in [-0.39, 0.29) is 0 Å². The van der Waals surface area contributed by atoms with Crippen LogP contribution in [-0.2, 0) is 0 Å². The Hall–Kier alpha value is -7.17. The van der Waals surface area contributed by atoms with E-state index in [0.29, 0.717) is 17.5 Å². The summed E-state index contributed by atoms with van der Waals surface area (Å²) in [5, 5.41) is 4.35. The highest BCUT2D eigenvalue weighted by Crippen LogP contribution is 2.43. The second kappa shape index (κ2) is 13.1. The monoisotopic (exact) mass is 691 g/mol. The van der Waals surface area contributed by atoms with E-state index < -0.39 is 0 Å². The van der Waals surface area contributed by atoms with Gasteiger partial charge in [0.15, 0.2) is 17.5 Å². The molecule has 54 heavy (non-hydrogen) atoms. The van der Waals surface area contributed by atoms with Crippen molar-refractivity contribution in [1.29, 1.82) is 0 Å². The fourth-order valence-corrected chi connectivity index (χ4v) is 7.49. The quantitative estimate of drug-likeness (QED) is 0.174. The summed E-state index contributed by atoms with van der Waals surface area (Å²) >= 11 is 0. The number of aryl methyl sites for hydroxylation is 1. The van der Waals surface area contributed by atoms with Crippen LogP contribution in [0.1, 0.15) is 5.56 Å². The lowest BCUT2D eigenvalue weighted by molar-refractivity contribution is 0.673. The summed E-state index contributed by atoms with van der Waals surface area (Å²) in [6, 6.07) is 63.4. The Kier molecular flexibility index (Phi) is 7.66. The molecule has 0 radical (unpaired) electrons. The van der Waals surface area contributed by atoms with E-state index in [4.69, 9.17) is 19.4 Å². The molecule has 4 heteroatoms. The van der Waals surface area contributed by atoms with Gasteiger partial charge in [-0.1, -0.05) is 157 Å². The van der Waals surface area contributed by atoms with Crippen molar-refractivity contribution in [3.05, 3.63) is 188 Å². The van der Waals surface area contributed by atoms with E-state index in [1.165, 1.54) is 16.7 Å². The smallest absolute Gasteiger partial charge is 0.164 e. The van der Waals surface area contributed by atoms with Crippen LogP contribution in [0.3, 0.4) is 0 Å². The molecule has 0 aliphatic rings. The number of nitrogens with zero attached hydrogens (tertiary/aromatic N) is 3. The maximum absolute atomic E-state index is 6.84. The standard InChI is InChI=1S/C50H33N3O/c1-32-13-10-19-35(27-32)37-21-12-23-40(29-37)49-51-48(34-16-6-3-7-17-34)52-50(53-49)41-25-26-43-45(31-41)54-47-42-24-9-8-18-39(42)30-44(46(43)47)38-22-11-20-36(28-38)33-14-4-2-5-15-33/h2-31H,1H3. The SMILES string of the molecule is Cc1cccc(-c2cccc(-c3nc(-c4ccccc4)nc(-c4ccc5c(c4)oc4c6ccccc6cc(-c6cccc(-c7ccccc7)c6)c54)n3)c2)c1. The molecule has 0 N–H and O–H groups in total. The number of hydrogen-bond donors (Lipinski definition) is 0. The van der Waals surface area contributed by atoms with Crippen molar-refractivity contribution in [3.8, 4) is 67.5 Å². The molecule has 4 nitrogen and oxygen atoms in total. The van der Waals surface area contributed by atoms with Crippen LogP contribution in [-0.4, -0.2) is 15.0 Å². The summed E-state index contributed by atoms with van der Waals surface area (Å²) in [7, 11) is 0. The highest BCUT2D eigenvalue weighted by atomic mass is 16.3. The van der Waals surface area contributed by atoms with E-state index in [0.717, 1.165) is 71.7 Å². The highest BCUT2D eigenvalue weighted by molar-refractivity contribution is 6.21. The number of benzene rings is 8. The predicted octanol–water partition coefficient (Wildman–Crippen LogP) is 13.2. The van der Waals surface area contributed by atoms with Crippen molar-refractivity contribution in [1.82, 2.24) is 15.0 Å². The molecule has 0 bridgehead atoms. The summed E-state index contributed by atoms with van der Waals surface area (Å²) < 4.78 is 6.84. The largest absolute Gasteiger partial charge is 0.455 e. The van der Waals surface area contributed by atoms with Gasteiger partial charge in [0.1, 0.15) is 11.2 Å². The normalized spacial score (nSPS) is 11.4. The van der Waals surface area contributed by atoms with Gasteiger partial charge in [-0.3, -0.25) is 0 Å². The van der Waals surface area contributed by atoms with Gasteiger partial charge < -0.3 is 4.42 Å². The maximum Gasteiger partial charge on any atom is 0.164 e. The molecular formula is C50H33N3O. The lowest BCUT2D eigenvalue weighted by atomic mass is 9.93. The van der Waals surface area contributed by atoms with Crippen molar-refractivity contribution >= 4 is 32.7 Å². The molecule has 0 aliphatic carbocycles. The summed E-state index contributed by atoms with van der Waals surface area (Å²) in [5.74, 6) is 1.82. The van der Waals surface area contributed by atoms with E-state index >= 15 is 0 Å². The minimum Gasteiger partial charge on any atom is -0.455 e. The van der Waals surface area contributed by atoms with Crippen LogP contribution in [0, 0.1) is 6.92 Å². The third kappa shape index (κ3) is 5.71. The topological polar surface area (TPSA) is 51.8 Å². The van der Waals surface area contributed by atoms with Crippen molar-refractivity contribution in [3.63, 3.8) is 0 Å². The van der Waals surface area contributed by atoms with E-state index in [1.54, 1.807) is 0 Å². The van der Waals surface area contributed by atoms with Crippen molar-refractivity contribution < 1.29 is 4.42 Å². The molecule has 0 amide bonds. The van der Waals surface area contributed by atoms with Gasteiger partial charge in [-0.25, -0.2) is 15.0 Å². The first-order chi connectivity index (χ1) is 26.6. The van der Waals surface area contributed by atoms with Crippen LogP contribution < -0.4 is 0 Å². The van der Waals surface area contributed by atoms with Crippen LogP contribution in [0.15, 0.2) is 186 Å². The molecule has 0 fully saturated rings. The molecule has 10 aromatic rings. The minimum absolute atomic E-state index is 0.586. The van der Waals surface area contributed by atoms with Crippen molar-refractivity contribution in [2.24, 2.45) is 0 Å². The molecule has 0 saturated carbocycles. The number of aromatic nitrogens is 3. The second-order valence-electron chi connectivity index (χ2n) is 13.7. The Morgan fingerprint density at radius 2 is 0.907 bits per heavy atom. The van der Waals surface area contributed by atoms with E-state index in [1.807, 2.05) is 30.3 Å². The molecule has 10 rings (SSSR count). The van der Waals surface area contributed by atoms with Gasteiger partial charge in [0.2, 0.25) is 0 Å². The number of furan rings is 1. The van der Waals surface area contributed by atoms with Gasteiger partial charge in [-0.2, -0.15) is 0 Å². The van der Waals surface area contributed by atoms with Crippen LogP contribution in [0.5, 0.6) is 0 Å². The lowest BCUT2D eigenvalue weighted by Gasteiger charge is -2.10. The molecule has 0 spiro atoms. The van der Waals surface area contributed by atoms with Crippen LogP contribution in [0.2, 0.25) is 0 Å². The average Bonchev–Trinajstić information content (AvgIpc) is 3.63. The summed E-state index contributed by atoms with van der Waals surface area (Å²) in [5.41, 5.74) is 12.5. The second-order valence-corrected chi connectivity index (χ2v) is 13.7. The Labute approximate surface area is 313 Å². The fraction of sp³-hybridized carbons (Fsp3) is 0.0200. The van der Waals surface area contributed by atoms with Crippen LogP contribution in [0.25, 0.3) is 100 Å². The van der Waals surface area contributed by atoms with Gasteiger partial charge in [-0.15, -0.1) is 0 Å². The molecule has 8 aromatic carbocycles. The van der Waals surface area contributed by atoms with Crippen LogP contribution in [0.4, 0.5) is 0 Å². The molecule has 254 valence electrons. The minimum atomic E-state index is 0.586. The molecule has 0 aliphatic heterocycles. The molecular weight excluding hydrogens is 659 g/mol. The Balaban J connectivity index is 1.15. The Morgan fingerprint density at radius 3 is 1.65 bits per heavy atom. The fourth-order valence-electron chi connectivity index (χ4n) is 7.49. The highest BCUT2D eigenvalue weighted by Gasteiger charge is 2.19. The number of rotatable bonds is 6. The molecule has 2 aromatic heterocycles. The first kappa shape index (κ1) is 31.6. The van der Waals surface area contributed by atoms with Crippen molar-refractivity contribution in [2.75, 3.05) is 0 Å². The third-order valence-electron chi connectivity index (χ3n) is 10.1. The van der Waals surface area contributed by atoms with Gasteiger partial charge in [-0.05, 0) is 76.0 Å². The molecule has 0 saturated heterocycles. The van der Waals surface area contributed by atoms with E-state index in [9.17, 15) is 0 Å². The molecule has 0 unspecified atom stereocenters. The lowest BCUT2D eigenvalue weighted by Crippen LogP contribution is -2.00. The summed E-state index contributed by atoms with van der Waals surface area (Å²) in [6.07, 6.45) is 0. The third-order valence-corrected chi connectivity index (χ3v) is 10.1.